The Morgan fingerprint density at radius 1 is 1.41 bits per heavy atom. The van der Waals surface area contributed by atoms with Crippen LogP contribution in [0.3, 0.4) is 0 Å². The SMILES string of the molecule is COc1ccc(Cl)cc1CNC(C)CCCCl. The second-order valence-electron chi connectivity index (χ2n) is 4.07. The molecule has 17 heavy (non-hydrogen) atoms. The third kappa shape index (κ3) is 5.15. The van der Waals surface area contributed by atoms with Crippen molar-refractivity contribution in [3.8, 4) is 5.75 Å². The lowest BCUT2D eigenvalue weighted by Crippen LogP contribution is -2.25. The molecule has 1 aromatic carbocycles. The first kappa shape index (κ1) is 14.6. The van der Waals surface area contributed by atoms with Crippen molar-refractivity contribution in [2.45, 2.75) is 32.4 Å². The molecule has 1 aromatic rings. The smallest absolute Gasteiger partial charge is 0.123 e. The lowest BCUT2D eigenvalue weighted by Gasteiger charge is -2.15. The fourth-order valence-electron chi connectivity index (χ4n) is 1.65. The highest BCUT2D eigenvalue weighted by atomic mass is 35.5. The van der Waals surface area contributed by atoms with E-state index in [1.807, 2.05) is 18.2 Å². The molecular formula is C13H19Cl2NO. The van der Waals surface area contributed by atoms with E-state index in [0.29, 0.717) is 11.9 Å². The van der Waals surface area contributed by atoms with Crippen LogP contribution in [-0.2, 0) is 6.54 Å². The molecule has 96 valence electrons. The van der Waals surface area contributed by atoms with E-state index < -0.39 is 0 Å². The summed E-state index contributed by atoms with van der Waals surface area (Å²) in [4.78, 5) is 0. The van der Waals surface area contributed by atoms with Gasteiger partial charge < -0.3 is 10.1 Å². The predicted molar refractivity (Wildman–Crippen MR) is 74.3 cm³/mol. The lowest BCUT2D eigenvalue weighted by molar-refractivity contribution is 0.404. The minimum atomic E-state index is 0.442. The molecule has 0 saturated carbocycles. The molecule has 1 N–H and O–H groups in total. The Kier molecular flexibility index (Phi) is 6.71. The molecule has 0 aliphatic rings. The number of ether oxygens (including phenoxy) is 1. The lowest BCUT2D eigenvalue weighted by atomic mass is 10.1. The third-order valence-electron chi connectivity index (χ3n) is 2.65. The number of nitrogens with one attached hydrogen (secondary N) is 1. The molecular weight excluding hydrogens is 257 g/mol. The third-order valence-corrected chi connectivity index (χ3v) is 3.16. The van der Waals surface area contributed by atoms with Crippen molar-refractivity contribution in [1.29, 1.82) is 0 Å². The minimum absolute atomic E-state index is 0.442. The summed E-state index contributed by atoms with van der Waals surface area (Å²) >= 11 is 11.6. The summed E-state index contributed by atoms with van der Waals surface area (Å²) in [5.41, 5.74) is 1.08. The number of benzene rings is 1. The summed E-state index contributed by atoms with van der Waals surface area (Å²) in [5, 5.41) is 4.17. The van der Waals surface area contributed by atoms with Crippen molar-refractivity contribution >= 4 is 23.2 Å². The first-order valence-corrected chi connectivity index (χ1v) is 6.70. The molecule has 0 radical (unpaired) electrons. The Hall–Kier alpha value is -0.440. The van der Waals surface area contributed by atoms with E-state index in [-0.39, 0.29) is 0 Å². The van der Waals surface area contributed by atoms with Gasteiger partial charge in [0, 0.05) is 29.1 Å². The zero-order chi connectivity index (χ0) is 12.7. The van der Waals surface area contributed by atoms with Crippen LogP contribution in [0.1, 0.15) is 25.3 Å². The number of hydrogen-bond donors (Lipinski definition) is 1. The molecule has 0 fully saturated rings. The number of halogens is 2. The van der Waals surface area contributed by atoms with Crippen LogP contribution in [-0.4, -0.2) is 19.0 Å². The van der Waals surface area contributed by atoms with Crippen LogP contribution in [0.5, 0.6) is 5.75 Å². The van der Waals surface area contributed by atoms with Crippen LogP contribution < -0.4 is 10.1 Å². The minimum Gasteiger partial charge on any atom is -0.496 e. The predicted octanol–water partition coefficient (Wildman–Crippen LogP) is 3.85. The summed E-state index contributed by atoms with van der Waals surface area (Å²) < 4.78 is 5.29. The molecule has 1 rings (SSSR count). The van der Waals surface area contributed by atoms with Crippen molar-refractivity contribution in [1.82, 2.24) is 5.32 Å². The van der Waals surface area contributed by atoms with Crippen LogP contribution >= 0.6 is 23.2 Å². The van der Waals surface area contributed by atoms with Gasteiger partial charge in [0.05, 0.1) is 7.11 Å². The molecule has 0 heterocycles. The van der Waals surface area contributed by atoms with Gasteiger partial charge in [0.15, 0.2) is 0 Å². The highest BCUT2D eigenvalue weighted by Crippen LogP contribution is 2.22. The van der Waals surface area contributed by atoms with Gasteiger partial charge in [-0.2, -0.15) is 0 Å². The molecule has 0 aliphatic heterocycles. The van der Waals surface area contributed by atoms with E-state index in [4.69, 9.17) is 27.9 Å². The molecule has 0 amide bonds. The number of methoxy groups -OCH3 is 1. The summed E-state index contributed by atoms with van der Waals surface area (Å²) in [7, 11) is 1.67. The Balaban J connectivity index is 2.52. The number of rotatable bonds is 7. The summed E-state index contributed by atoms with van der Waals surface area (Å²) in [6.45, 7) is 2.91. The number of hydrogen-bond acceptors (Lipinski definition) is 2. The van der Waals surface area contributed by atoms with Gasteiger partial charge in [0.25, 0.3) is 0 Å². The maximum Gasteiger partial charge on any atom is 0.123 e. The van der Waals surface area contributed by atoms with Crippen molar-refractivity contribution in [3.63, 3.8) is 0 Å². The van der Waals surface area contributed by atoms with E-state index in [9.17, 15) is 0 Å². The van der Waals surface area contributed by atoms with Gasteiger partial charge >= 0.3 is 0 Å². The average molecular weight is 276 g/mol. The van der Waals surface area contributed by atoms with E-state index >= 15 is 0 Å². The van der Waals surface area contributed by atoms with Crippen molar-refractivity contribution in [3.05, 3.63) is 28.8 Å². The standard InChI is InChI=1S/C13H19Cl2NO/c1-10(4-3-7-14)16-9-11-8-12(15)5-6-13(11)17-2/h5-6,8,10,16H,3-4,7,9H2,1-2H3. The zero-order valence-corrected chi connectivity index (χ0v) is 11.8. The zero-order valence-electron chi connectivity index (χ0n) is 10.3. The van der Waals surface area contributed by atoms with E-state index in [0.717, 1.165) is 35.7 Å². The first-order valence-electron chi connectivity index (χ1n) is 5.79. The molecule has 0 saturated heterocycles. The molecule has 2 nitrogen and oxygen atoms in total. The van der Waals surface area contributed by atoms with E-state index in [1.165, 1.54) is 0 Å². The van der Waals surface area contributed by atoms with Crippen LogP contribution in [0.2, 0.25) is 5.02 Å². The molecule has 1 unspecified atom stereocenters. The highest BCUT2D eigenvalue weighted by Gasteiger charge is 2.06. The van der Waals surface area contributed by atoms with Crippen LogP contribution in [0.25, 0.3) is 0 Å². The van der Waals surface area contributed by atoms with Gasteiger partial charge in [0.2, 0.25) is 0 Å². The van der Waals surface area contributed by atoms with Gasteiger partial charge in [-0.15, -0.1) is 11.6 Å². The van der Waals surface area contributed by atoms with Gasteiger partial charge in [-0.1, -0.05) is 11.6 Å². The molecule has 0 aliphatic carbocycles. The highest BCUT2D eigenvalue weighted by molar-refractivity contribution is 6.30. The van der Waals surface area contributed by atoms with Gasteiger partial charge in [-0.25, -0.2) is 0 Å². The van der Waals surface area contributed by atoms with Crippen LogP contribution in [0.4, 0.5) is 0 Å². The molecule has 0 aromatic heterocycles. The Bertz CT molecular complexity index is 344. The topological polar surface area (TPSA) is 21.3 Å². The summed E-state index contributed by atoms with van der Waals surface area (Å²) in [5.74, 6) is 1.58. The van der Waals surface area contributed by atoms with E-state index in [1.54, 1.807) is 7.11 Å². The summed E-state index contributed by atoms with van der Waals surface area (Å²) in [6.07, 6.45) is 2.11. The van der Waals surface area contributed by atoms with Crippen molar-refractivity contribution < 1.29 is 4.74 Å². The maximum atomic E-state index is 5.97. The molecule has 0 spiro atoms. The molecule has 1 atom stereocenters. The Morgan fingerprint density at radius 3 is 2.82 bits per heavy atom. The monoisotopic (exact) mass is 275 g/mol. The number of alkyl halides is 1. The molecule has 0 bridgehead atoms. The largest absolute Gasteiger partial charge is 0.496 e. The normalized spacial score (nSPS) is 12.5. The van der Waals surface area contributed by atoms with E-state index in [2.05, 4.69) is 12.2 Å². The van der Waals surface area contributed by atoms with Crippen molar-refractivity contribution in [2.24, 2.45) is 0 Å². The van der Waals surface area contributed by atoms with Crippen LogP contribution in [0, 0.1) is 0 Å². The van der Waals surface area contributed by atoms with Crippen molar-refractivity contribution in [2.75, 3.05) is 13.0 Å². The fourth-order valence-corrected chi connectivity index (χ4v) is 2.00. The summed E-state index contributed by atoms with van der Waals surface area (Å²) in [6, 6.07) is 6.10. The quantitative estimate of drug-likeness (QED) is 0.764. The Labute approximate surface area is 113 Å². The fraction of sp³-hybridized carbons (Fsp3) is 0.538. The first-order chi connectivity index (χ1) is 8.17. The average Bonchev–Trinajstić information content (AvgIpc) is 2.34. The van der Waals surface area contributed by atoms with Crippen LogP contribution in [0.15, 0.2) is 18.2 Å². The second-order valence-corrected chi connectivity index (χ2v) is 4.88. The van der Waals surface area contributed by atoms with Gasteiger partial charge in [-0.3, -0.25) is 0 Å². The maximum absolute atomic E-state index is 5.97. The van der Waals surface area contributed by atoms with Gasteiger partial charge in [-0.05, 0) is 38.0 Å². The molecule has 4 heteroatoms. The Morgan fingerprint density at radius 2 is 2.18 bits per heavy atom. The van der Waals surface area contributed by atoms with Gasteiger partial charge in [0.1, 0.15) is 5.75 Å². The second kappa shape index (κ2) is 7.80.